The van der Waals surface area contributed by atoms with Gasteiger partial charge in [0, 0.05) is 25.4 Å². The molecule has 5 nitrogen and oxygen atoms in total. The summed E-state index contributed by atoms with van der Waals surface area (Å²) in [5.74, 6) is -0.227. The summed E-state index contributed by atoms with van der Waals surface area (Å²) in [5, 5.41) is 2.94. The van der Waals surface area contributed by atoms with Crippen LogP contribution in [0.1, 0.15) is 38.2 Å². The van der Waals surface area contributed by atoms with Crippen LogP contribution >= 0.6 is 0 Å². The summed E-state index contributed by atoms with van der Waals surface area (Å²) in [6, 6.07) is 7.86. The molecule has 1 saturated heterocycles. The Hall–Kier alpha value is -1.88. The Morgan fingerprint density at radius 2 is 2.17 bits per heavy atom. The lowest BCUT2D eigenvalue weighted by Crippen LogP contribution is -2.46. The molecule has 24 heavy (non-hydrogen) atoms. The molecular formula is C19H26N2O3. The first-order chi connectivity index (χ1) is 11.6. The second kappa shape index (κ2) is 6.93. The number of anilines is 1. The molecule has 0 bridgehead atoms. The number of ether oxygens (including phenoxy) is 1. The van der Waals surface area contributed by atoms with Crippen LogP contribution in [-0.2, 0) is 14.3 Å². The third-order valence-corrected chi connectivity index (χ3v) is 4.98. The molecule has 1 aromatic carbocycles. The van der Waals surface area contributed by atoms with Crippen molar-refractivity contribution < 1.29 is 14.3 Å². The van der Waals surface area contributed by atoms with E-state index < -0.39 is 5.41 Å². The topological polar surface area (TPSA) is 58.6 Å². The van der Waals surface area contributed by atoms with Crippen LogP contribution in [0.4, 0.5) is 5.69 Å². The van der Waals surface area contributed by atoms with E-state index in [0.717, 1.165) is 30.7 Å². The molecule has 1 aliphatic heterocycles. The third kappa shape index (κ3) is 3.31. The van der Waals surface area contributed by atoms with Crippen LogP contribution in [-0.4, -0.2) is 37.6 Å². The van der Waals surface area contributed by atoms with Crippen molar-refractivity contribution in [1.82, 2.24) is 5.32 Å². The molecule has 2 aliphatic rings. The Labute approximate surface area is 143 Å². The van der Waals surface area contributed by atoms with Gasteiger partial charge in [0.25, 0.3) is 0 Å². The van der Waals surface area contributed by atoms with Crippen molar-refractivity contribution in [2.75, 3.05) is 24.6 Å². The molecule has 2 fully saturated rings. The van der Waals surface area contributed by atoms with Crippen molar-refractivity contribution in [3.05, 3.63) is 29.8 Å². The van der Waals surface area contributed by atoms with Gasteiger partial charge in [0.2, 0.25) is 11.8 Å². The summed E-state index contributed by atoms with van der Waals surface area (Å²) in [4.78, 5) is 27.4. The van der Waals surface area contributed by atoms with Crippen LogP contribution in [0.5, 0.6) is 0 Å². The van der Waals surface area contributed by atoms with Crippen molar-refractivity contribution in [3.63, 3.8) is 0 Å². The van der Waals surface area contributed by atoms with Gasteiger partial charge in [-0.2, -0.15) is 0 Å². The van der Waals surface area contributed by atoms with E-state index in [1.54, 1.807) is 4.90 Å². The number of nitrogens with zero attached hydrogens (tertiary/aromatic N) is 1. The fourth-order valence-corrected chi connectivity index (χ4v) is 3.34. The molecule has 1 saturated carbocycles. The van der Waals surface area contributed by atoms with Gasteiger partial charge in [0.1, 0.15) is 5.41 Å². The maximum Gasteiger partial charge on any atom is 0.242 e. The van der Waals surface area contributed by atoms with E-state index >= 15 is 0 Å². The number of nitrogens with one attached hydrogen (secondary N) is 1. The first kappa shape index (κ1) is 17.0. The van der Waals surface area contributed by atoms with E-state index in [0.29, 0.717) is 25.9 Å². The van der Waals surface area contributed by atoms with E-state index in [9.17, 15) is 9.59 Å². The molecule has 1 unspecified atom stereocenters. The Balaban J connectivity index is 1.68. The van der Waals surface area contributed by atoms with Gasteiger partial charge in [-0.1, -0.05) is 12.1 Å². The van der Waals surface area contributed by atoms with E-state index in [2.05, 4.69) is 5.32 Å². The van der Waals surface area contributed by atoms with Crippen molar-refractivity contribution in [3.8, 4) is 0 Å². The van der Waals surface area contributed by atoms with Gasteiger partial charge in [-0.15, -0.1) is 0 Å². The molecule has 1 atom stereocenters. The number of amides is 2. The highest BCUT2D eigenvalue weighted by Gasteiger charge is 2.58. The number of benzene rings is 1. The van der Waals surface area contributed by atoms with Crippen LogP contribution in [0, 0.1) is 12.3 Å². The van der Waals surface area contributed by atoms with Crippen molar-refractivity contribution >= 4 is 17.5 Å². The molecule has 1 aliphatic carbocycles. The summed E-state index contributed by atoms with van der Waals surface area (Å²) in [6.07, 6.45) is 3.38. The second-order valence-corrected chi connectivity index (χ2v) is 6.82. The fourth-order valence-electron chi connectivity index (χ4n) is 3.34. The number of carbonyl (C=O) groups is 2. The first-order valence-electron chi connectivity index (χ1n) is 8.85. The van der Waals surface area contributed by atoms with Crippen LogP contribution in [0.15, 0.2) is 24.3 Å². The predicted octanol–water partition coefficient (Wildman–Crippen LogP) is 2.42. The minimum atomic E-state index is -0.877. The Kier molecular flexibility index (Phi) is 4.90. The largest absolute Gasteiger partial charge is 0.376 e. The molecule has 1 N–H and O–H groups in total. The summed E-state index contributed by atoms with van der Waals surface area (Å²) >= 11 is 0. The van der Waals surface area contributed by atoms with Crippen LogP contribution < -0.4 is 10.2 Å². The van der Waals surface area contributed by atoms with E-state index in [1.807, 2.05) is 38.1 Å². The molecule has 2 amide bonds. The highest BCUT2D eigenvalue weighted by molar-refractivity contribution is 6.14. The van der Waals surface area contributed by atoms with Gasteiger partial charge in [0.05, 0.1) is 6.10 Å². The zero-order chi connectivity index (χ0) is 17.2. The molecule has 130 valence electrons. The lowest BCUT2D eigenvalue weighted by Gasteiger charge is -2.26. The lowest BCUT2D eigenvalue weighted by molar-refractivity contribution is -0.136. The van der Waals surface area contributed by atoms with Crippen molar-refractivity contribution in [1.29, 1.82) is 0 Å². The molecule has 0 spiro atoms. The van der Waals surface area contributed by atoms with Gasteiger partial charge >= 0.3 is 0 Å². The normalized spacial score (nSPS) is 21.3. The SMILES string of the molecule is CCN(C(=O)C1(C(=O)NCC2CCCO2)CC1)c1cccc(C)c1. The fraction of sp³-hybridized carbons (Fsp3) is 0.579. The Morgan fingerprint density at radius 1 is 1.38 bits per heavy atom. The van der Waals surface area contributed by atoms with Gasteiger partial charge in [-0.3, -0.25) is 9.59 Å². The number of hydrogen-bond acceptors (Lipinski definition) is 3. The molecule has 1 aromatic rings. The number of aryl methyl sites for hydroxylation is 1. The van der Waals surface area contributed by atoms with E-state index in [4.69, 9.17) is 4.74 Å². The quantitative estimate of drug-likeness (QED) is 0.815. The molecule has 3 rings (SSSR count). The summed E-state index contributed by atoms with van der Waals surface area (Å²) < 4.78 is 5.54. The van der Waals surface area contributed by atoms with Crippen molar-refractivity contribution in [2.24, 2.45) is 5.41 Å². The predicted molar refractivity (Wildman–Crippen MR) is 92.9 cm³/mol. The number of hydrogen-bond donors (Lipinski definition) is 1. The average Bonchev–Trinajstić information content (AvgIpc) is 3.23. The number of carbonyl (C=O) groups excluding carboxylic acids is 2. The Bertz CT molecular complexity index is 619. The minimum absolute atomic E-state index is 0.0829. The summed E-state index contributed by atoms with van der Waals surface area (Å²) in [7, 11) is 0. The summed E-state index contributed by atoms with van der Waals surface area (Å²) in [5.41, 5.74) is 1.09. The van der Waals surface area contributed by atoms with Gasteiger partial charge in [-0.25, -0.2) is 0 Å². The average molecular weight is 330 g/mol. The molecule has 0 aromatic heterocycles. The lowest BCUT2D eigenvalue weighted by atomic mass is 10.0. The maximum atomic E-state index is 13.0. The van der Waals surface area contributed by atoms with Gasteiger partial charge in [0.15, 0.2) is 0 Å². The van der Waals surface area contributed by atoms with E-state index in [1.165, 1.54) is 0 Å². The molecule has 5 heteroatoms. The van der Waals surface area contributed by atoms with Crippen molar-refractivity contribution in [2.45, 2.75) is 45.6 Å². The Morgan fingerprint density at radius 3 is 2.75 bits per heavy atom. The molecular weight excluding hydrogens is 304 g/mol. The van der Waals surface area contributed by atoms with Crippen LogP contribution in [0.3, 0.4) is 0 Å². The summed E-state index contributed by atoms with van der Waals surface area (Å²) in [6.45, 7) is 5.78. The van der Waals surface area contributed by atoms with Crippen LogP contribution in [0.25, 0.3) is 0 Å². The standard InChI is InChI=1S/C19H26N2O3/c1-3-21(15-7-4-6-14(2)12-15)18(23)19(9-10-19)17(22)20-13-16-8-5-11-24-16/h4,6-7,12,16H,3,5,8-11,13H2,1-2H3,(H,20,22). The van der Waals surface area contributed by atoms with Crippen LogP contribution in [0.2, 0.25) is 0 Å². The second-order valence-electron chi connectivity index (χ2n) is 6.82. The number of rotatable bonds is 6. The van der Waals surface area contributed by atoms with Gasteiger partial charge in [-0.05, 0) is 57.2 Å². The highest BCUT2D eigenvalue weighted by atomic mass is 16.5. The highest BCUT2D eigenvalue weighted by Crippen LogP contribution is 2.48. The zero-order valence-electron chi connectivity index (χ0n) is 14.5. The smallest absolute Gasteiger partial charge is 0.242 e. The maximum absolute atomic E-state index is 13.0. The first-order valence-corrected chi connectivity index (χ1v) is 8.85. The third-order valence-electron chi connectivity index (χ3n) is 4.98. The zero-order valence-corrected chi connectivity index (χ0v) is 14.5. The monoisotopic (exact) mass is 330 g/mol. The van der Waals surface area contributed by atoms with E-state index in [-0.39, 0.29) is 17.9 Å². The van der Waals surface area contributed by atoms with Gasteiger partial charge < -0.3 is 15.0 Å². The molecule has 0 radical (unpaired) electrons. The molecule has 1 heterocycles. The minimum Gasteiger partial charge on any atom is -0.376 e.